The summed E-state index contributed by atoms with van der Waals surface area (Å²) in [7, 11) is -6.05. The van der Waals surface area contributed by atoms with Gasteiger partial charge < -0.3 is 33.2 Å². The Bertz CT molecular complexity index is 1270. The fourth-order valence-electron chi connectivity index (χ4n) is 5.87. The Morgan fingerprint density at radius 2 is 1.56 bits per heavy atom. The number of nitrogens with one attached hydrogen (secondary N) is 1. The van der Waals surface area contributed by atoms with Crippen LogP contribution in [0.3, 0.4) is 0 Å². The van der Waals surface area contributed by atoms with Crippen molar-refractivity contribution in [2.75, 3.05) is 11.9 Å². The summed E-state index contributed by atoms with van der Waals surface area (Å²) in [6.45, 7) is 16.5. The fraction of sp³-hybridized carbons (Fsp3) is 0.607. The molecule has 2 fully saturated rings. The van der Waals surface area contributed by atoms with Crippen molar-refractivity contribution in [1.29, 1.82) is 0 Å². The molecule has 1 amide bonds. The van der Waals surface area contributed by atoms with Crippen LogP contribution in [0.15, 0.2) is 47.4 Å². The van der Waals surface area contributed by atoms with Crippen molar-refractivity contribution in [2.45, 2.75) is 102 Å². The van der Waals surface area contributed by atoms with Gasteiger partial charge in [-0.1, -0.05) is 73.6 Å². The summed E-state index contributed by atoms with van der Waals surface area (Å²) >= 11 is 0. The lowest BCUT2D eigenvalue weighted by atomic mass is 10.1. The maximum atomic E-state index is 13.1. The molecule has 13 heteroatoms. The van der Waals surface area contributed by atoms with Gasteiger partial charge in [-0.05, 0) is 40.4 Å². The molecule has 0 saturated carbocycles. The van der Waals surface area contributed by atoms with E-state index in [1.807, 2.05) is 27.7 Å². The zero-order valence-electron chi connectivity index (χ0n) is 25.0. The number of aliphatic hydroxyl groups is 2. The molecule has 41 heavy (non-hydrogen) atoms. The van der Waals surface area contributed by atoms with Gasteiger partial charge in [-0.2, -0.15) is 4.98 Å². The zero-order valence-corrected chi connectivity index (χ0v) is 27.0. The van der Waals surface area contributed by atoms with E-state index in [9.17, 15) is 19.8 Å². The molecule has 2 aliphatic rings. The van der Waals surface area contributed by atoms with E-state index in [-0.39, 0.29) is 34.6 Å². The minimum atomic E-state index is -3.17. The second-order valence-corrected chi connectivity index (χ2v) is 21.0. The van der Waals surface area contributed by atoms with Gasteiger partial charge in [0.25, 0.3) is 5.91 Å². The Morgan fingerprint density at radius 3 is 2.10 bits per heavy atom. The molecule has 2 saturated heterocycles. The third kappa shape index (κ3) is 5.74. The normalized spacial score (nSPS) is 25.3. The van der Waals surface area contributed by atoms with Gasteiger partial charge >= 0.3 is 22.8 Å². The van der Waals surface area contributed by atoms with Gasteiger partial charge in [0.2, 0.25) is 5.79 Å². The van der Waals surface area contributed by atoms with E-state index in [1.165, 1.54) is 12.3 Å². The third-order valence-corrected chi connectivity index (χ3v) is 18.3. The van der Waals surface area contributed by atoms with Crippen molar-refractivity contribution >= 4 is 28.8 Å². The van der Waals surface area contributed by atoms with E-state index in [0.717, 1.165) is 4.57 Å². The number of hydrogen-bond acceptors (Lipinski definition) is 9. The molecule has 2 aliphatic heterocycles. The van der Waals surface area contributed by atoms with E-state index < -0.39 is 52.9 Å². The molecule has 0 aliphatic carbocycles. The third-order valence-electron chi connectivity index (χ3n) is 8.11. The molecule has 0 radical (unpaired) electrons. The molecular formula is C28H43N3O8Si2. The molecule has 11 nitrogen and oxygen atoms in total. The Labute approximate surface area is 243 Å². The van der Waals surface area contributed by atoms with Gasteiger partial charge in [0.1, 0.15) is 18.0 Å². The summed E-state index contributed by atoms with van der Waals surface area (Å²) in [5.41, 5.74) is -0.306. The first-order valence-corrected chi connectivity index (χ1v) is 18.2. The van der Waals surface area contributed by atoms with E-state index >= 15 is 0 Å². The molecule has 0 spiro atoms. The van der Waals surface area contributed by atoms with Crippen LogP contribution < -0.4 is 11.0 Å². The lowest BCUT2D eigenvalue weighted by Gasteiger charge is -2.51. The highest BCUT2D eigenvalue weighted by molar-refractivity contribution is 6.84. The summed E-state index contributed by atoms with van der Waals surface area (Å²) < 4.78 is 27.7. The highest BCUT2D eigenvalue weighted by atomic mass is 28.5. The second kappa shape index (κ2) is 11.8. The first kappa shape index (κ1) is 31.7. The topological polar surface area (TPSA) is 141 Å². The SMILES string of the molecule is CC(C)[Si]1(C(C)C)OC[C@H]2O[C@@H](n3ccc(NC(=O)c4ccccc4)nc3=O)C(O)(O)C2O[Si](C(C)C)(C(C)C)O1. The Hall–Kier alpha value is -2.24. The molecule has 1 aromatic heterocycles. The number of amides is 1. The second-order valence-electron chi connectivity index (χ2n) is 12.1. The Kier molecular flexibility index (Phi) is 9.12. The summed E-state index contributed by atoms with van der Waals surface area (Å²) in [6, 6.07) is 9.93. The van der Waals surface area contributed by atoms with Crippen molar-refractivity contribution in [2.24, 2.45) is 0 Å². The Morgan fingerprint density at radius 1 is 0.976 bits per heavy atom. The van der Waals surface area contributed by atoms with Crippen LogP contribution >= 0.6 is 0 Å². The van der Waals surface area contributed by atoms with Crippen LogP contribution in [0, 0.1) is 0 Å². The number of ether oxygens (including phenoxy) is 1. The molecule has 3 atom stereocenters. The van der Waals surface area contributed by atoms with Gasteiger partial charge in [0.05, 0.1) is 6.61 Å². The number of rotatable bonds is 7. The van der Waals surface area contributed by atoms with Crippen LogP contribution in [0.4, 0.5) is 5.82 Å². The van der Waals surface area contributed by atoms with Crippen molar-refractivity contribution in [3.63, 3.8) is 0 Å². The minimum absolute atomic E-state index is 0.0146. The van der Waals surface area contributed by atoms with Crippen molar-refractivity contribution in [1.82, 2.24) is 9.55 Å². The molecule has 3 N–H and O–H groups in total. The van der Waals surface area contributed by atoms with Crippen LogP contribution in [-0.2, 0) is 17.7 Å². The van der Waals surface area contributed by atoms with Gasteiger partial charge in [0.15, 0.2) is 6.23 Å². The quantitative estimate of drug-likeness (QED) is 0.315. The van der Waals surface area contributed by atoms with Gasteiger partial charge in [-0.3, -0.25) is 9.36 Å². The fourth-order valence-corrected chi connectivity index (χ4v) is 17.1. The Balaban J connectivity index is 1.69. The molecule has 2 aromatic rings. The average molecular weight is 606 g/mol. The number of carbonyl (C=O) groups is 1. The van der Waals surface area contributed by atoms with Crippen LogP contribution in [0.1, 0.15) is 72.0 Å². The van der Waals surface area contributed by atoms with Crippen LogP contribution in [-0.4, -0.2) is 67.4 Å². The van der Waals surface area contributed by atoms with Crippen molar-refractivity contribution in [3.8, 4) is 0 Å². The van der Waals surface area contributed by atoms with Crippen molar-refractivity contribution in [3.05, 3.63) is 58.6 Å². The smallest absolute Gasteiger partial charge is 0.351 e. The molecule has 4 rings (SSSR count). The number of hydrogen-bond donors (Lipinski definition) is 3. The zero-order chi connectivity index (χ0) is 30.3. The molecule has 3 heterocycles. The monoisotopic (exact) mass is 605 g/mol. The van der Waals surface area contributed by atoms with Crippen LogP contribution in [0.5, 0.6) is 0 Å². The maximum absolute atomic E-state index is 13.1. The number of nitrogens with zero attached hydrogens (tertiary/aromatic N) is 2. The average Bonchev–Trinajstić information content (AvgIpc) is 3.12. The van der Waals surface area contributed by atoms with Crippen molar-refractivity contribution < 1.29 is 32.7 Å². The van der Waals surface area contributed by atoms with E-state index in [2.05, 4.69) is 38.0 Å². The molecule has 1 aromatic carbocycles. The number of fused-ring (bicyclic) bond motifs is 1. The highest BCUT2D eigenvalue weighted by Crippen LogP contribution is 2.49. The standard InChI is InChI=1S/C28H43N3O8Si2/c1-17(2)40(18(3)4)36-16-22-24(38-41(39-40,19(5)6)20(7)8)28(34,35)26(37-22)31-15-14-23(30-27(31)33)29-25(32)21-12-10-9-11-13-21/h9-15,17-20,22,24,26,34-35H,16H2,1-8H3,(H,29,30,32,33)/t22-,24?,26-/m1/s1. The molecule has 0 bridgehead atoms. The molecule has 226 valence electrons. The van der Waals surface area contributed by atoms with E-state index in [0.29, 0.717) is 5.56 Å². The predicted octanol–water partition coefficient (Wildman–Crippen LogP) is 4.03. The minimum Gasteiger partial charge on any atom is -0.414 e. The summed E-state index contributed by atoms with van der Waals surface area (Å²) in [4.78, 5) is 29.6. The predicted molar refractivity (Wildman–Crippen MR) is 158 cm³/mol. The first-order chi connectivity index (χ1) is 19.2. The summed E-state index contributed by atoms with van der Waals surface area (Å²) in [5.74, 6) is -3.01. The van der Waals surface area contributed by atoms with Crippen LogP contribution in [0.25, 0.3) is 0 Å². The largest absolute Gasteiger partial charge is 0.414 e. The summed E-state index contributed by atoms with van der Waals surface area (Å²) in [5, 5.41) is 25.6. The van der Waals surface area contributed by atoms with Gasteiger partial charge in [0, 0.05) is 11.8 Å². The van der Waals surface area contributed by atoms with Crippen LogP contribution in [0.2, 0.25) is 22.2 Å². The molecular weight excluding hydrogens is 562 g/mol. The number of aromatic nitrogens is 2. The van der Waals surface area contributed by atoms with E-state index in [1.54, 1.807) is 30.3 Å². The first-order valence-electron chi connectivity index (χ1n) is 14.2. The van der Waals surface area contributed by atoms with Gasteiger partial charge in [-0.15, -0.1) is 0 Å². The van der Waals surface area contributed by atoms with Gasteiger partial charge in [-0.25, -0.2) is 4.79 Å². The number of carbonyl (C=O) groups excluding carboxylic acids is 1. The number of anilines is 1. The lowest BCUT2D eigenvalue weighted by molar-refractivity contribution is -0.247. The highest BCUT2D eigenvalue weighted by Gasteiger charge is 2.65. The van der Waals surface area contributed by atoms with E-state index in [4.69, 9.17) is 17.7 Å². The molecule has 1 unspecified atom stereocenters. The lowest BCUT2D eigenvalue weighted by Crippen LogP contribution is -2.67. The summed E-state index contributed by atoms with van der Waals surface area (Å²) in [6.07, 6.45) is -2.33. The number of benzene rings is 1. The maximum Gasteiger partial charge on any atom is 0.351 e.